The van der Waals surface area contributed by atoms with Gasteiger partial charge in [-0.15, -0.1) is 0 Å². The van der Waals surface area contributed by atoms with Gasteiger partial charge in [0.25, 0.3) is 0 Å². The van der Waals surface area contributed by atoms with Gasteiger partial charge >= 0.3 is 5.97 Å². The number of carbonyl (C=O) groups excluding carboxylic acids is 1. The number of hydrogen-bond donors (Lipinski definition) is 0. The molecular weight excluding hydrogens is 404 g/mol. The third-order valence-corrected chi connectivity index (χ3v) is 6.22. The predicted molar refractivity (Wildman–Crippen MR) is 78.4 cm³/mol. The van der Waals surface area contributed by atoms with Gasteiger partial charge < -0.3 is 4.74 Å². The molecule has 0 aromatic heterocycles. The molecule has 0 aromatic carbocycles. The Morgan fingerprint density at radius 1 is 1.25 bits per heavy atom. The molecule has 0 amide bonds. The van der Waals surface area contributed by atoms with Crippen molar-refractivity contribution in [2.45, 2.75) is 49.9 Å². The Morgan fingerprint density at radius 2 is 1.81 bits per heavy atom. The van der Waals surface area contributed by atoms with Crippen molar-refractivity contribution in [1.82, 2.24) is 0 Å². The van der Waals surface area contributed by atoms with Crippen LogP contribution < -0.4 is 0 Å². The predicted octanol–water partition coefficient (Wildman–Crippen LogP) is 4.97. The summed E-state index contributed by atoms with van der Waals surface area (Å²) >= 11 is 10.2. The molecule has 0 aliphatic carbocycles. The molecule has 96 valence electrons. The van der Waals surface area contributed by atoms with E-state index in [-0.39, 0.29) is 11.4 Å². The molecule has 0 bridgehead atoms. The molecule has 0 radical (unpaired) electrons. The Morgan fingerprint density at radius 3 is 2.25 bits per heavy atom. The first-order chi connectivity index (χ1) is 7.27. The van der Waals surface area contributed by atoms with Crippen LogP contribution in [0.2, 0.25) is 0 Å². The van der Waals surface area contributed by atoms with Crippen LogP contribution >= 0.6 is 47.8 Å². The quantitative estimate of drug-likeness (QED) is 0.329. The van der Waals surface area contributed by atoms with Crippen LogP contribution in [0.25, 0.3) is 0 Å². The molecule has 2 nitrogen and oxygen atoms in total. The Labute approximate surface area is 123 Å². The van der Waals surface area contributed by atoms with Gasteiger partial charge in [-0.1, -0.05) is 49.5 Å². The summed E-state index contributed by atoms with van der Waals surface area (Å²) in [7, 11) is 0. The average molecular weight is 423 g/mol. The van der Waals surface area contributed by atoms with Crippen molar-refractivity contribution >= 4 is 53.8 Å². The number of hydrogen-bond acceptors (Lipinski definition) is 2. The zero-order valence-electron chi connectivity index (χ0n) is 9.99. The highest BCUT2D eigenvalue weighted by Crippen LogP contribution is 2.46. The molecule has 0 aliphatic rings. The van der Waals surface area contributed by atoms with Crippen LogP contribution in [0.5, 0.6) is 0 Å². The van der Waals surface area contributed by atoms with Crippen LogP contribution in [-0.4, -0.2) is 14.7 Å². The van der Waals surface area contributed by atoms with Crippen LogP contribution in [0.4, 0.5) is 0 Å². The van der Waals surface area contributed by atoms with Gasteiger partial charge in [0, 0.05) is 17.2 Å². The first-order valence-electron chi connectivity index (χ1n) is 5.42. The van der Waals surface area contributed by atoms with Gasteiger partial charge in [-0.25, -0.2) is 0 Å². The van der Waals surface area contributed by atoms with Crippen LogP contribution in [0.15, 0.2) is 0 Å². The van der Waals surface area contributed by atoms with Crippen molar-refractivity contribution in [3.05, 3.63) is 0 Å². The molecule has 16 heavy (non-hydrogen) atoms. The summed E-state index contributed by atoms with van der Waals surface area (Å²) in [5, 5.41) is 0.721. The van der Waals surface area contributed by atoms with Crippen molar-refractivity contribution in [1.29, 1.82) is 0 Å². The third kappa shape index (κ3) is 5.50. The van der Waals surface area contributed by atoms with Crippen LogP contribution in [0.3, 0.4) is 0 Å². The normalized spacial score (nSPS) is 12.6. The second-order valence-corrected chi connectivity index (χ2v) is 8.32. The summed E-state index contributed by atoms with van der Waals surface area (Å²) in [5.74, 6) is -0.170. The number of esters is 1. The molecule has 0 saturated heterocycles. The summed E-state index contributed by atoms with van der Waals surface area (Å²) in [5.41, 5.74) is -0.229. The fourth-order valence-corrected chi connectivity index (χ4v) is 2.72. The summed E-state index contributed by atoms with van der Waals surface area (Å²) in [6.45, 7) is 6.12. The fraction of sp³-hybridized carbons (Fsp3) is 0.909. The molecule has 0 saturated carbocycles. The molecule has 0 aromatic rings. The highest BCUT2D eigenvalue weighted by Gasteiger charge is 2.43. The molecule has 0 rings (SSSR count). The molecule has 0 aliphatic heterocycles. The minimum absolute atomic E-state index is 0.170. The number of unbranched alkanes of at least 4 members (excludes halogenated alkanes) is 2. The molecule has 0 fully saturated rings. The van der Waals surface area contributed by atoms with Crippen LogP contribution in [0.1, 0.15) is 46.5 Å². The van der Waals surface area contributed by atoms with Gasteiger partial charge in [-0.05, 0) is 38.3 Å². The van der Waals surface area contributed by atoms with Gasteiger partial charge in [0.15, 0.2) is 0 Å². The molecular formula is C11H19Br3O2. The van der Waals surface area contributed by atoms with Crippen LogP contribution in [0, 0.1) is 5.41 Å². The number of carbonyl (C=O) groups is 1. The van der Waals surface area contributed by atoms with E-state index >= 15 is 0 Å². The second-order valence-electron chi connectivity index (χ2n) is 4.47. The largest absolute Gasteiger partial charge is 0.436 e. The SMILES string of the molecule is CCCCCC(=O)OC(Br)(Br)C(C)(C)CBr. The highest BCUT2D eigenvalue weighted by molar-refractivity contribution is 9.25. The zero-order chi connectivity index (χ0) is 12.8. The summed E-state index contributed by atoms with van der Waals surface area (Å²) in [6.07, 6.45) is 3.54. The van der Waals surface area contributed by atoms with E-state index in [2.05, 4.69) is 54.7 Å². The van der Waals surface area contributed by atoms with Crippen molar-refractivity contribution in [3.8, 4) is 0 Å². The third-order valence-electron chi connectivity index (χ3n) is 2.35. The summed E-state index contributed by atoms with van der Waals surface area (Å²) in [6, 6.07) is 0. The average Bonchev–Trinajstić information content (AvgIpc) is 2.17. The van der Waals surface area contributed by atoms with Gasteiger partial charge in [0.05, 0.1) is 0 Å². The lowest BCUT2D eigenvalue weighted by molar-refractivity contribution is -0.150. The Bertz CT molecular complexity index is 227. The zero-order valence-corrected chi connectivity index (χ0v) is 14.7. The Balaban J connectivity index is 4.20. The number of ether oxygens (including phenoxy) is 1. The lowest BCUT2D eigenvalue weighted by Gasteiger charge is -2.35. The monoisotopic (exact) mass is 420 g/mol. The van der Waals surface area contributed by atoms with Gasteiger partial charge in [0.1, 0.15) is 0 Å². The van der Waals surface area contributed by atoms with E-state index in [1.54, 1.807) is 0 Å². The molecule has 0 heterocycles. The van der Waals surface area contributed by atoms with E-state index in [1.807, 2.05) is 13.8 Å². The van der Waals surface area contributed by atoms with E-state index in [0.29, 0.717) is 6.42 Å². The van der Waals surface area contributed by atoms with E-state index in [9.17, 15) is 4.79 Å². The van der Waals surface area contributed by atoms with Gasteiger partial charge in [-0.2, -0.15) is 0 Å². The Hall–Kier alpha value is 0.910. The molecule has 0 spiro atoms. The first kappa shape index (κ1) is 16.9. The number of alkyl halides is 3. The highest BCUT2D eigenvalue weighted by atomic mass is 79.9. The minimum atomic E-state index is -0.806. The van der Waals surface area contributed by atoms with Crippen molar-refractivity contribution < 1.29 is 9.53 Å². The number of rotatable bonds is 7. The van der Waals surface area contributed by atoms with E-state index in [1.165, 1.54) is 0 Å². The summed E-state index contributed by atoms with van der Waals surface area (Å²) in [4.78, 5) is 11.6. The first-order valence-corrected chi connectivity index (χ1v) is 8.13. The maximum absolute atomic E-state index is 11.6. The fourth-order valence-electron chi connectivity index (χ4n) is 0.929. The standard InChI is InChI=1S/C11H19Br3O2/c1-4-5-6-7-9(15)16-11(13,14)10(2,3)8-12/h4-8H2,1-3H3. The Kier molecular flexibility index (Phi) is 7.79. The molecule has 0 atom stereocenters. The second kappa shape index (κ2) is 7.37. The molecule has 5 heteroatoms. The van der Waals surface area contributed by atoms with E-state index in [4.69, 9.17) is 4.74 Å². The van der Waals surface area contributed by atoms with Gasteiger partial charge in [-0.3, -0.25) is 4.79 Å². The maximum Gasteiger partial charge on any atom is 0.307 e. The van der Waals surface area contributed by atoms with E-state index < -0.39 is 3.42 Å². The van der Waals surface area contributed by atoms with Crippen molar-refractivity contribution in [3.63, 3.8) is 0 Å². The maximum atomic E-state index is 11.6. The lowest BCUT2D eigenvalue weighted by Crippen LogP contribution is -2.39. The summed E-state index contributed by atoms with van der Waals surface area (Å²) < 4.78 is 4.60. The number of halogens is 3. The van der Waals surface area contributed by atoms with Crippen LogP contribution in [-0.2, 0) is 9.53 Å². The van der Waals surface area contributed by atoms with E-state index in [0.717, 1.165) is 24.6 Å². The van der Waals surface area contributed by atoms with Gasteiger partial charge in [0.2, 0.25) is 3.42 Å². The lowest BCUT2D eigenvalue weighted by atomic mass is 9.98. The molecule has 0 N–H and O–H groups in total. The topological polar surface area (TPSA) is 26.3 Å². The van der Waals surface area contributed by atoms with Crippen molar-refractivity contribution in [2.75, 3.05) is 5.33 Å². The smallest absolute Gasteiger partial charge is 0.307 e. The minimum Gasteiger partial charge on any atom is -0.436 e. The molecule has 0 unspecified atom stereocenters. The van der Waals surface area contributed by atoms with Crippen molar-refractivity contribution in [2.24, 2.45) is 5.41 Å².